The summed E-state index contributed by atoms with van der Waals surface area (Å²) in [5.41, 5.74) is 0. The number of nitrogens with zero attached hydrogens (tertiary/aromatic N) is 1. The third-order valence-electron chi connectivity index (χ3n) is 1.78. The predicted molar refractivity (Wildman–Crippen MR) is 38.4 cm³/mol. The standard InChI is InChI=1S/C7H15NO2/c1-8-5-4-7(10-8)3-2-6-9/h7,9H,2-6H2,1H3. The van der Waals surface area contributed by atoms with Gasteiger partial charge in [-0.05, 0) is 19.3 Å². The molecule has 0 spiro atoms. The Balaban J connectivity index is 2.06. The number of hydrogen-bond acceptors (Lipinski definition) is 3. The maximum Gasteiger partial charge on any atom is 0.0807 e. The molecule has 1 N–H and O–H groups in total. The van der Waals surface area contributed by atoms with Crippen LogP contribution in [-0.4, -0.2) is 36.5 Å². The van der Waals surface area contributed by atoms with Crippen molar-refractivity contribution in [2.75, 3.05) is 20.2 Å². The van der Waals surface area contributed by atoms with Crippen LogP contribution in [0.15, 0.2) is 0 Å². The topological polar surface area (TPSA) is 32.7 Å². The lowest BCUT2D eigenvalue weighted by Gasteiger charge is -2.09. The minimum Gasteiger partial charge on any atom is -0.396 e. The van der Waals surface area contributed by atoms with E-state index in [1.54, 1.807) is 0 Å². The van der Waals surface area contributed by atoms with Crippen LogP contribution < -0.4 is 0 Å². The summed E-state index contributed by atoms with van der Waals surface area (Å²) >= 11 is 0. The Kier molecular flexibility index (Phi) is 3.12. The average Bonchev–Trinajstić information content (AvgIpc) is 2.31. The summed E-state index contributed by atoms with van der Waals surface area (Å²) < 4.78 is 0. The van der Waals surface area contributed by atoms with Gasteiger partial charge < -0.3 is 5.11 Å². The molecule has 1 saturated heterocycles. The number of rotatable bonds is 3. The molecule has 0 aromatic carbocycles. The van der Waals surface area contributed by atoms with Gasteiger partial charge in [0, 0.05) is 20.2 Å². The van der Waals surface area contributed by atoms with Crippen molar-refractivity contribution in [3.05, 3.63) is 0 Å². The molecule has 0 radical (unpaired) electrons. The second-order valence-electron chi connectivity index (χ2n) is 2.73. The van der Waals surface area contributed by atoms with Gasteiger partial charge in [-0.1, -0.05) is 0 Å². The Morgan fingerprint density at radius 2 is 2.50 bits per heavy atom. The van der Waals surface area contributed by atoms with E-state index in [1.165, 1.54) is 0 Å². The highest BCUT2D eigenvalue weighted by molar-refractivity contribution is 4.63. The predicted octanol–water partition coefficient (Wildman–Crippen LogP) is 0.395. The lowest BCUT2D eigenvalue weighted by Crippen LogP contribution is -2.13. The lowest BCUT2D eigenvalue weighted by atomic mass is 10.1. The normalized spacial score (nSPS) is 27.6. The molecule has 0 amide bonds. The monoisotopic (exact) mass is 145 g/mol. The number of aliphatic hydroxyl groups is 1. The van der Waals surface area contributed by atoms with Gasteiger partial charge in [0.25, 0.3) is 0 Å². The quantitative estimate of drug-likeness (QED) is 0.623. The van der Waals surface area contributed by atoms with Crippen LogP contribution >= 0.6 is 0 Å². The van der Waals surface area contributed by atoms with Crippen molar-refractivity contribution >= 4 is 0 Å². The third kappa shape index (κ3) is 2.25. The lowest BCUT2D eigenvalue weighted by molar-refractivity contribution is -0.128. The molecule has 0 aromatic rings. The van der Waals surface area contributed by atoms with Gasteiger partial charge in [0.1, 0.15) is 0 Å². The van der Waals surface area contributed by atoms with E-state index < -0.39 is 0 Å². The summed E-state index contributed by atoms with van der Waals surface area (Å²) in [5, 5.41) is 10.4. The molecule has 60 valence electrons. The molecule has 1 rings (SSSR count). The van der Waals surface area contributed by atoms with Crippen molar-refractivity contribution in [2.24, 2.45) is 0 Å². The molecule has 0 bridgehead atoms. The molecule has 1 heterocycles. The van der Waals surface area contributed by atoms with E-state index in [0.29, 0.717) is 6.10 Å². The highest BCUT2D eigenvalue weighted by Gasteiger charge is 2.19. The first-order chi connectivity index (χ1) is 4.83. The molecular formula is C7H15NO2. The van der Waals surface area contributed by atoms with Gasteiger partial charge in [-0.15, -0.1) is 0 Å². The number of hydroxylamine groups is 2. The molecule has 1 unspecified atom stereocenters. The van der Waals surface area contributed by atoms with E-state index in [2.05, 4.69) is 0 Å². The van der Waals surface area contributed by atoms with Gasteiger partial charge in [0.05, 0.1) is 6.10 Å². The highest BCUT2D eigenvalue weighted by atomic mass is 16.7. The van der Waals surface area contributed by atoms with E-state index in [-0.39, 0.29) is 6.61 Å². The Hall–Kier alpha value is -0.120. The largest absolute Gasteiger partial charge is 0.396 e. The van der Waals surface area contributed by atoms with Crippen molar-refractivity contribution < 1.29 is 9.94 Å². The van der Waals surface area contributed by atoms with Gasteiger partial charge in [0.2, 0.25) is 0 Å². The molecule has 10 heavy (non-hydrogen) atoms. The van der Waals surface area contributed by atoms with Gasteiger partial charge in [-0.2, -0.15) is 5.06 Å². The fourth-order valence-electron chi connectivity index (χ4n) is 1.20. The van der Waals surface area contributed by atoms with Gasteiger partial charge >= 0.3 is 0 Å². The molecule has 3 heteroatoms. The zero-order valence-corrected chi connectivity index (χ0v) is 6.42. The average molecular weight is 145 g/mol. The fourth-order valence-corrected chi connectivity index (χ4v) is 1.20. The van der Waals surface area contributed by atoms with Crippen molar-refractivity contribution in [2.45, 2.75) is 25.4 Å². The smallest absolute Gasteiger partial charge is 0.0807 e. The Morgan fingerprint density at radius 1 is 1.70 bits per heavy atom. The molecule has 0 saturated carbocycles. The zero-order valence-electron chi connectivity index (χ0n) is 6.42. The molecule has 3 nitrogen and oxygen atoms in total. The minimum absolute atomic E-state index is 0.281. The molecule has 0 aromatic heterocycles. The van der Waals surface area contributed by atoms with E-state index in [0.717, 1.165) is 25.8 Å². The molecule has 1 fully saturated rings. The van der Waals surface area contributed by atoms with Crippen LogP contribution in [0.4, 0.5) is 0 Å². The summed E-state index contributed by atoms with van der Waals surface area (Å²) in [6.45, 7) is 1.31. The summed E-state index contributed by atoms with van der Waals surface area (Å²) in [4.78, 5) is 5.39. The van der Waals surface area contributed by atoms with Crippen LogP contribution in [0.2, 0.25) is 0 Å². The van der Waals surface area contributed by atoms with Gasteiger partial charge in [0.15, 0.2) is 0 Å². The third-order valence-corrected chi connectivity index (χ3v) is 1.78. The summed E-state index contributed by atoms with van der Waals surface area (Å²) in [7, 11) is 1.94. The van der Waals surface area contributed by atoms with E-state index in [4.69, 9.17) is 9.94 Å². The highest BCUT2D eigenvalue weighted by Crippen LogP contribution is 2.15. The maximum absolute atomic E-state index is 8.52. The molecular weight excluding hydrogens is 130 g/mol. The zero-order chi connectivity index (χ0) is 7.40. The molecule has 1 aliphatic heterocycles. The Bertz CT molecular complexity index is 97.6. The van der Waals surface area contributed by atoms with Crippen molar-refractivity contribution in [3.8, 4) is 0 Å². The minimum atomic E-state index is 0.281. The van der Waals surface area contributed by atoms with Crippen LogP contribution in [0.5, 0.6) is 0 Å². The van der Waals surface area contributed by atoms with Crippen molar-refractivity contribution in [3.63, 3.8) is 0 Å². The van der Waals surface area contributed by atoms with E-state index >= 15 is 0 Å². The van der Waals surface area contributed by atoms with Crippen LogP contribution in [0.1, 0.15) is 19.3 Å². The number of hydrogen-bond donors (Lipinski definition) is 1. The summed E-state index contributed by atoms with van der Waals surface area (Å²) in [6.07, 6.45) is 3.31. The first-order valence-corrected chi connectivity index (χ1v) is 3.81. The SMILES string of the molecule is CN1CCC(CCCO)O1. The van der Waals surface area contributed by atoms with Gasteiger partial charge in [-0.25, -0.2) is 0 Å². The van der Waals surface area contributed by atoms with E-state index in [9.17, 15) is 0 Å². The summed E-state index contributed by atoms with van der Waals surface area (Å²) in [5.74, 6) is 0. The van der Waals surface area contributed by atoms with Gasteiger partial charge in [-0.3, -0.25) is 4.84 Å². The molecule has 1 aliphatic rings. The van der Waals surface area contributed by atoms with Crippen LogP contribution in [-0.2, 0) is 4.84 Å². The number of aliphatic hydroxyl groups excluding tert-OH is 1. The van der Waals surface area contributed by atoms with Crippen LogP contribution in [0, 0.1) is 0 Å². The van der Waals surface area contributed by atoms with Crippen LogP contribution in [0.3, 0.4) is 0 Å². The second kappa shape index (κ2) is 3.91. The van der Waals surface area contributed by atoms with Crippen molar-refractivity contribution in [1.29, 1.82) is 0 Å². The maximum atomic E-state index is 8.52. The second-order valence-corrected chi connectivity index (χ2v) is 2.73. The summed E-state index contributed by atoms with van der Waals surface area (Å²) in [6, 6.07) is 0. The molecule has 1 atom stereocenters. The first kappa shape index (κ1) is 7.98. The Morgan fingerprint density at radius 3 is 3.00 bits per heavy atom. The fraction of sp³-hybridized carbons (Fsp3) is 1.00. The van der Waals surface area contributed by atoms with Crippen molar-refractivity contribution in [1.82, 2.24) is 5.06 Å². The van der Waals surface area contributed by atoms with E-state index in [1.807, 2.05) is 12.1 Å². The Labute approximate surface area is 61.5 Å². The first-order valence-electron chi connectivity index (χ1n) is 3.81. The van der Waals surface area contributed by atoms with Crippen LogP contribution in [0.25, 0.3) is 0 Å². The molecule has 0 aliphatic carbocycles.